The highest BCUT2D eigenvalue weighted by Crippen LogP contribution is 2.54. The quantitative estimate of drug-likeness (QED) is 0.372. The fraction of sp³-hybridized carbons (Fsp3) is 0.269. The molecule has 0 spiro atoms. The number of aromatic nitrogens is 2. The van der Waals surface area contributed by atoms with Gasteiger partial charge in [-0.25, -0.2) is 4.98 Å². The standard InChI is InChI=1S/C26H23F3N2O/c1-25(2,32)21-6-4-3-5-18(21)16-9-12-22-23(13-16)31-24(30-22)20-14-19(20)15-7-10-17(11-8-15)26(27,28)29/h3-13,19-20,32H,14H2,1-2H3,(H,30,31)/t19-,20+/m0/s1. The summed E-state index contributed by atoms with van der Waals surface area (Å²) in [5.74, 6) is 1.21. The summed E-state index contributed by atoms with van der Waals surface area (Å²) < 4.78 is 38.4. The van der Waals surface area contributed by atoms with E-state index in [2.05, 4.69) is 4.98 Å². The molecular formula is C26H23F3N2O. The Hall–Kier alpha value is -3.12. The highest BCUT2D eigenvalue weighted by molar-refractivity contribution is 5.83. The van der Waals surface area contributed by atoms with E-state index < -0.39 is 17.3 Å². The van der Waals surface area contributed by atoms with Gasteiger partial charge in [0, 0.05) is 5.92 Å². The molecule has 1 aliphatic rings. The number of nitrogens with one attached hydrogen (secondary N) is 1. The number of aromatic amines is 1. The molecule has 1 aliphatic carbocycles. The summed E-state index contributed by atoms with van der Waals surface area (Å²) in [5, 5.41) is 10.5. The summed E-state index contributed by atoms with van der Waals surface area (Å²) in [7, 11) is 0. The number of rotatable bonds is 4. The van der Waals surface area contributed by atoms with Gasteiger partial charge in [-0.2, -0.15) is 13.2 Å². The summed E-state index contributed by atoms with van der Waals surface area (Å²) in [6.07, 6.45) is -3.46. The van der Waals surface area contributed by atoms with Gasteiger partial charge in [-0.1, -0.05) is 42.5 Å². The summed E-state index contributed by atoms with van der Waals surface area (Å²) in [6.45, 7) is 3.54. The minimum Gasteiger partial charge on any atom is -0.386 e. The Balaban J connectivity index is 1.42. The average molecular weight is 436 g/mol. The normalized spacial score (nSPS) is 18.8. The van der Waals surface area contributed by atoms with E-state index >= 15 is 0 Å². The number of hydrogen-bond acceptors (Lipinski definition) is 2. The van der Waals surface area contributed by atoms with Crippen LogP contribution in [0.4, 0.5) is 13.2 Å². The van der Waals surface area contributed by atoms with Crippen molar-refractivity contribution < 1.29 is 18.3 Å². The number of H-pyrrole nitrogens is 1. The molecule has 3 aromatic carbocycles. The third kappa shape index (κ3) is 3.79. The van der Waals surface area contributed by atoms with Gasteiger partial charge in [-0.15, -0.1) is 0 Å². The second-order valence-corrected chi connectivity index (χ2v) is 9.03. The number of imidazole rings is 1. The molecule has 0 radical (unpaired) electrons. The molecule has 2 atom stereocenters. The Morgan fingerprint density at radius 1 is 0.938 bits per heavy atom. The first-order chi connectivity index (χ1) is 15.1. The molecule has 5 rings (SSSR count). The maximum absolute atomic E-state index is 12.8. The molecule has 32 heavy (non-hydrogen) atoms. The molecule has 0 aliphatic heterocycles. The smallest absolute Gasteiger partial charge is 0.386 e. The fourth-order valence-electron chi connectivity index (χ4n) is 4.43. The van der Waals surface area contributed by atoms with Crippen molar-refractivity contribution in [3.8, 4) is 11.1 Å². The summed E-state index contributed by atoms with van der Waals surface area (Å²) >= 11 is 0. The van der Waals surface area contributed by atoms with Crippen LogP contribution in [0.5, 0.6) is 0 Å². The maximum Gasteiger partial charge on any atom is 0.416 e. The van der Waals surface area contributed by atoms with Crippen LogP contribution in [0.25, 0.3) is 22.2 Å². The van der Waals surface area contributed by atoms with Gasteiger partial charge in [-0.3, -0.25) is 0 Å². The first kappa shape index (κ1) is 20.8. The van der Waals surface area contributed by atoms with Gasteiger partial charge >= 0.3 is 6.18 Å². The van der Waals surface area contributed by atoms with Gasteiger partial charge < -0.3 is 10.1 Å². The topological polar surface area (TPSA) is 48.9 Å². The molecule has 1 heterocycles. The monoisotopic (exact) mass is 436 g/mol. The number of halogens is 3. The van der Waals surface area contributed by atoms with Crippen LogP contribution >= 0.6 is 0 Å². The largest absolute Gasteiger partial charge is 0.416 e. The average Bonchev–Trinajstić information content (AvgIpc) is 3.44. The van der Waals surface area contributed by atoms with E-state index in [0.717, 1.165) is 57.7 Å². The molecular weight excluding hydrogens is 413 g/mol. The van der Waals surface area contributed by atoms with Crippen molar-refractivity contribution in [2.45, 2.75) is 43.9 Å². The van der Waals surface area contributed by atoms with Gasteiger partial charge in [0.1, 0.15) is 5.82 Å². The first-order valence-electron chi connectivity index (χ1n) is 10.6. The number of fused-ring (bicyclic) bond motifs is 1. The van der Waals surface area contributed by atoms with Crippen LogP contribution in [0.3, 0.4) is 0 Å². The van der Waals surface area contributed by atoms with Gasteiger partial charge in [0.2, 0.25) is 0 Å². The predicted molar refractivity (Wildman–Crippen MR) is 118 cm³/mol. The third-order valence-electron chi connectivity index (χ3n) is 6.21. The predicted octanol–water partition coefficient (Wildman–Crippen LogP) is 6.75. The van der Waals surface area contributed by atoms with E-state index in [1.165, 1.54) is 0 Å². The third-order valence-corrected chi connectivity index (χ3v) is 6.21. The zero-order chi connectivity index (χ0) is 22.7. The number of nitrogens with zero attached hydrogens (tertiary/aromatic N) is 1. The van der Waals surface area contributed by atoms with Gasteiger partial charge in [0.25, 0.3) is 0 Å². The van der Waals surface area contributed by atoms with Crippen LogP contribution < -0.4 is 0 Å². The van der Waals surface area contributed by atoms with E-state index in [0.29, 0.717) is 0 Å². The van der Waals surface area contributed by atoms with Crippen molar-refractivity contribution in [1.29, 1.82) is 0 Å². The highest BCUT2D eigenvalue weighted by atomic mass is 19.4. The fourth-order valence-corrected chi connectivity index (χ4v) is 4.43. The van der Waals surface area contributed by atoms with E-state index in [-0.39, 0.29) is 11.8 Å². The molecule has 1 fully saturated rings. The molecule has 0 bridgehead atoms. The SMILES string of the molecule is CC(C)(O)c1ccccc1-c1ccc2nc([C@@H]3C[C@H]3c3ccc(C(F)(F)F)cc3)[nH]c2c1. The Bertz CT molecular complexity index is 1280. The Morgan fingerprint density at radius 3 is 2.34 bits per heavy atom. The lowest BCUT2D eigenvalue weighted by Gasteiger charge is -2.21. The van der Waals surface area contributed by atoms with E-state index in [4.69, 9.17) is 4.98 Å². The van der Waals surface area contributed by atoms with Crippen LogP contribution in [0.2, 0.25) is 0 Å². The lowest BCUT2D eigenvalue weighted by atomic mass is 9.89. The molecule has 4 aromatic rings. The van der Waals surface area contributed by atoms with Crippen molar-refractivity contribution in [3.63, 3.8) is 0 Å². The molecule has 1 saturated carbocycles. The molecule has 6 heteroatoms. The Labute approximate surface area is 183 Å². The molecule has 2 N–H and O–H groups in total. The minimum atomic E-state index is -4.32. The van der Waals surface area contributed by atoms with Crippen LogP contribution in [0.1, 0.15) is 54.6 Å². The van der Waals surface area contributed by atoms with Crippen molar-refractivity contribution in [2.24, 2.45) is 0 Å². The van der Waals surface area contributed by atoms with Crippen LogP contribution in [0, 0.1) is 0 Å². The summed E-state index contributed by atoms with van der Waals surface area (Å²) in [4.78, 5) is 8.14. The lowest BCUT2D eigenvalue weighted by molar-refractivity contribution is -0.137. The second kappa shape index (κ2) is 7.20. The Kier molecular flexibility index (Phi) is 4.67. The van der Waals surface area contributed by atoms with Crippen molar-refractivity contribution in [1.82, 2.24) is 9.97 Å². The van der Waals surface area contributed by atoms with Crippen molar-refractivity contribution in [3.05, 3.63) is 89.2 Å². The Morgan fingerprint density at radius 2 is 1.66 bits per heavy atom. The lowest BCUT2D eigenvalue weighted by Crippen LogP contribution is -2.16. The van der Waals surface area contributed by atoms with Gasteiger partial charge in [-0.05, 0) is 72.7 Å². The molecule has 164 valence electrons. The molecule has 3 nitrogen and oxygen atoms in total. The molecule has 0 unspecified atom stereocenters. The number of alkyl halides is 3. The van der Waals surface area contributed by atoms with E-state index in [1.807, 2.05) is 42.5 Å². The minimum absolute atomic E-state index is 0.172. The van der Waals surface area contributed by atoms with Gasteiger partial charge in [0.15, 0.2) is 0 Å². The second-order valence-electron chi connectivity index (χ2n) is 9.03. The van der Waals surface area contributed by atoms with E-state index in [9.17, 15) is 18.3 Å². The first-order valence-corrected chi connectivity index (χ1v) is 10.6. The number of hydrogen-bond donors (Lipinski definition) is 2. The van der Waals surface area contributed by atoms with Crippen LogP contribution in [0.15, 0.2) is 66.7 Å². The molecule has 1 aromatic heterocycles. The highest BCUT2D eigenvalue weighted by Gasteiger charge is 2.42. The van der Waals surface area contributed by atoms with Crippen LogP contribution in [-0.2, 0) is 11.8 Å². The zero-order valence-electron chi connectivity index (χ0n) is 17.7. The number of aliphatic hydroxyl groups is 1. The molecule has 0 amide bonds. The van der Waals surface area contributed by atoms with Crippen molar-refractivity contribution >= 4 is 11.0 Å². The summed E-state index contributed by atoms with van der Waals surface area (Å²) in [5.41, 5.74) is 3.87. The van der Waals surface area contributed by atoms with Crippen molar-refractivity contribution in [2.75, 3.05) is 0 Å². The number of benzene rings is 3. The van der Waals surface area contributed by atoms with Gasteiger partial charge in [0.05, 0.1) is 22.2 Å². The van der Waals surface area contributed by atoms with E-state index in [1.54, 1.807) is 26.0 Å². The zero-order valence-corrected chi connectivity index (χ0v) is 17.7. The van der Waals surface area contributed by atoms with Crippen LogP contribution in [-0.4, -0.2) is 15.1 Å². The maximum atomic E-state index is 12.8. The summed E-state index contributed by atoms with van der Waals surface area (Å²) in [6, 6.07) is 19.2. The molecule has 0 saturated heterocycles.